The summed E-state index contributed by atoms with van der Waals surface area (Å²) in [6, 6.07) is 20.5. The highest BCUT2D eigenvalue weighted by Crippen LogP contribution is 2.32. The fourth-order valence-corrected chi connectivity index (χ4v) is 4.33. The molecule has 11 heteroatoms. The third kappa shape index (κ3) is 7.09. The summed E-state index contributed by atoms with van der Waals surface area (Å²) in [4.78, 5) is 37.3. The number of benzene rings is 3. The van der Waals surface area contributed by atoms with Crippen molar-refractivity contribution in [3.63, 3.8) is 0 Å². The van der Waals surface area contributed by atoms with Crippen molar-refractivity contribution < 1.29 is 28.8 Å². The number of ether oxygens (including phenoxy) is 1. The number of aliphatic carboxylic acids is 1. The molecule has 0 aliphatic carbocycles. The van der Waals surface area contributed by atoms with Crippen molar-refractivity contribution in [1.82, 2.24) is 10.5 Å². The van der Waals surface area contributed by atoms with Crippen molar-refractivity contribution in [3.8, 4) is 17.4 Å². The van der Waals surface area contributed by atoms with E-state index in [2.05, 4.69) is 15.8 Å². The third-order valence-corrected chi connectivity index (χ3v) is 6.60. The van der Waals surface area contributed by atoms with E-state index in [1.807, 2.05) is 6.07 Å². The Morgan fingerprint density at radius 1 is 1.07 bits per heavy atom. The number of carbonyl (C=O) groups is 3. The average molecular weight is 573 g/mol. The van der Waals surface area contributed by atoms with Crippen LogP contribution in [-0.2, 0) is 16.0 Å². The van der Waals surface area contributed by atoms with Gasteiger partial charge >= 0.3 is 12.1 Å². The number of anilines is 1. The van der Waals surface area contributed by atoms with E-state index in [4.69, 9.17) is 26.1 Å². The van der Waals surface area contributed by atoms with Gasteiger partial charge in [0.1, 0.15) is 23.5 Å². The fourth-order valence-electron chi connectivity index (χ4n) is 4.04. The van der Waals surface area contributed by atoms with Crippen LogP contribution in [0.3, 0.4) is 0 Å². The number of amides is 2. The molecule has 0 bridgehead atoms. The molecular weight excluding hydrogens is 548 g/mol. The van der Waals surface area contributed by atoms with Crippen LogP contribution >= 0.6 is 11.6 Å². The van der Waals surface area contributed by atoms with Crippen LogP contribution in [0.4, 0.5) is 10.5 Å². The van der Waals surface area contributed by atoms with Crippen molar-refractivity contribution >= 4 is 35.3 Å². The number of nitriles is 1. The zero-order valence-electron chi connectivity index (χ0n) is 22.1. The minimum atomic E-state index is -1.19. The molecule has 1 heterocycles. The zero-order chi connectivity index (χ0) is 29.5. The summed E-state index contributed by atoms with van der Waals surface area (Å²) in [6.45, 7) is 3.35. The van der Waals surface area contributed by atoms with Gasteiger partial charge in [0.05, 0.1) is 11.6 Å². The van der Waals surface area contributed by atoms with Crippen molar-refractivity contribution in [2.45, 2.75) is 32.4 Å². The molecule has 208 valence electrons. The Labute approximate surface area is 240 Å². The number of aryl methyl sites for hydroxylation is 1. The van der Waals surface area contributed by atoms with Gasteiger partial charge in [-0.2, -0.15) is 5.26 Å². The largest absolute Gasteiger partial charge is 0.480 e. The first-order valence-electron chi connectivity index (χ1n) is 12.5. The molecule has 0 aliphatic rings. The number of nitrogens with zero attached hydrogens (tertiary/aromatic N) is 2. The summed E-state index contributed by atoms with van der Waals surface area (Å²) in [5.74, 6) is -1.52. The van der Waals surface area contributed by atoms with E-state index in [1.165, 1.54) is 12.1 Å². The lowest BCUT2D eigenvalue weighted by Crippen LogP contribution is -2.42. The molecule has 3 aromatic carbocycles. The lowest BCUT2D eigenvalue weighted by atomic mass is 10.0. The number of aromatic nitrogens is 1. The summed E-state index contributed by atoms with van der Waals surface area (Å²) in [5, 5.41) is 28.2. The lowest BCUT2D eigenvalue weighted by Gasteiger charge is -2.16. The molecule has 0 saturated heterocycles. The summed E-state index contributed by atoms with van der Waals surface area (Å²) >= 11 is 6.20. The van der Waals surface area contributed by atoms with Gasteiger partial charge in [-0.25, -0.2) is 9.59 Å². The Hall–Kier alpha value is -5.14. The smallest absolute Gasteiger partial charge is 0.412 e. The standard InChI is InChI=1S/C30H25ClN4O6/c1-17-26(34-30(39)40-18(2)23-5-3-4-6-24(23)31)27(41-35-17)21-11-13-22(14-12-21)28(36)33-25(29(37)38)15-19-7-9-20(16-32)10-8-19/h3-14,18,25H,15H2,1-2H3,(H,33,36)(H,34,39)(H,37,38)/t18-,25?/m1/s1. The highest BCUT2D eigenvalue weighted by atomic mass is 35.5. The fraction of sp³-hybridized carbons (Fsp3) is 0.167. The molecule has 1 unspecified atom stereocenters. The molecule has 1 aromatic heterocycles. The highest BCUT2D eigenvalue weighted by molar-refractivity contribution is 6.31. The average Bonchev–Trinajstić information content (AvgIpc) is 3.32. The molecule has 0 radical (unpaired) electrons. The predicted molar refractivity (Wildman–Crippen MR) is 150 cm³/mol. The molecule has 0 aliphatic heterocycles. The first-order chi connectivity index (χ1) is 19.7. The molecule has 0 fully saturated rings. The molecule has 4 rings (SSSR count). The van der Waals surface area contributed by atoms with E-state index in [9.17, 15) is 19.5 Å². The number of nitrogens with one attached hydrogen (secondary N) is 2. The third-order valence-electron chi connectivity index (χ3n) is 6.25. The maximum atomic E-state index is 12.8. The molecule has 0 spiro atoms. The second-order valence-corrected chi connectivity index (χ2v) is 9.53. The molecule has 0 saturated carbocycles. The van der Waals surface area contributed by atoms with Crippen LogP contribution in [0, 0.1) is 18.3 Å². The molecule has 2 atom stereocenters. The highest BCUT2D eigenvalue weighted by Gasteiger charge is 2.23. The van der Waals surface area contributed by atoms with E-state index < -0.39 is 30.1 Å². The Morgan fingerprint density at radius 2 is 1.76 bits per heavy atom. The summed E-state index contributed by atoms with van der Waals surface area (Å²) in [5.41, 5.74) is 3.22. The molecule has 2 amide bonds. The normalized spacial score (nSPS) is 12.0. The SMILES string of the molecule is Cc1noc(-c2ccc(C(=O)NC(Cc3ccc(C#N)cc3)C(=O)O)cc2)c1NC(=O)O[C@H](C)c1ccccc1Cl. The van der Waals surface area contributed by atoms with Gasteiger partial charge in [0.15, 0.2) is 5.76 Å². The topological polar surface area (TPSA) is 155 Å². The second kappa shape index (κ2) is 12.8. The van der Waals surface area contributed by atoms with Crippen molar-refractivity contribution in [1.29, 1.82) is 5.26 Å². The minimum Gasteiger partial charge on any atom is -0.480 e. The Morgan fingerprint density at radius 3 is 2.39 bits per heavy atom. The van der Waals surface area contributed by atoms with Gasteiger partial charge in [-0.15, -0.1) is 0 Å². The predicted octanol–water partition coefficient (Wildman–Crippen LogP) is 5.91. The van der Waals surface area contributed by atoms with Gasteiger partial charge in [0.2, 0.25) is 0 Å². The summed E-state index contributed by atoms with van der Waals surface area (Å²) < 4.78 is 10.9. The van der Waals surface area contributed by atoms with E-state index in [1.54, 1.807) is 74.5 Å². The maximum absolute atomic E-state index is 12.8. The number of hydrogen-bond donors (Lipinski definition) is 3. The first-order valence-corrected chi connectivity index (χ1v) is 12.9. The minimum absolute atomic E-state index is 0.0441. The molecule has 4 aromatic rings. The van der Waals surface area contributed by atoms with Gasteiger partial charge in [0, 0.05) is 28.1 Å². The summed E-state index contributed by atoms with van der Waals surface area (Å²) in [6.07, 6.45) is -1.30. The number of halogens is 1. The van der Waals surface area contributed by atoms with Crippen LogP contribution in [-0.4, -0.2) is 34.3 Å². The van der Waals surface area contributed by atoms with Crippen LogP contribution in [0.5, 0.6) is 0 Å². The maximum Gasteiger partial charge on any atom is 0.412 e. The van der Waals surface area contributed by atoms with Gasteiger partial charge in [0.25, 0.3) is 5.91 Å². The zero-order valence-corrected chi connectivity index (χ0v) is 22.8. The van der Waals surface area contributed by atoms with E-state index in [-0.39, 0.29) is 17.7 Å². The molecule has 41 heavy (non-hydrogen) atoms. The Bertz CT molecular complexity index is 1610. The number of hydrogen-bond acceptors (Lipinski definition) is 7. The van der Waals surface area contributed by atoms with Gasteiger partial charge < -0.3 is 19.7 Å². The van der Waals surface area contributed by atoms with E-state index in [0.29, 0.717) is 38.7 Å². The number of carbonyl (C=O) groups excluding carboxylic acids is 2. The lowest BCUT2D eigenvalue weighted by molar-refractivity contribution is -0.139. The van der Waals surface area contributed by atoms with Crippen LogP contribution < -0.4 is 10.6 Å². The van der Waals surface area contributed by atoms with Gasteiger partial charge in [-0.3, -0.25) is 10.1 Å². The number of rotatable bonds is 9. The van der Waals surface area contributed by atoms with Crippen molar-refractivity contribution in [2.24, 2.45) is 0 Å². The Kier molecular flexibility index (Phi) is 9.02. The molecular formula is C30H25ClN4O6. The Balaban J connectivity index is 1.43. The van der Waals surface area contributed by atoms with E-state index >= 15 is 0 Å². The summed E-state index contributed by atoms with van der Waals surface area (Å²) in [7, 11) is 0. The quantitative estimate of drug-likeness (QED) is 0.223. The van der Waals surface area contributed by atoms with Gasteiger partial charge in [-0.05, 0) is 49.7 Å². The van der Waals surface area contributed by atoms with Crippen molar-refractivity contribution in [2.75, 3.05) is 5.32 Å². The molecule has 10 nitrogen and oxygen atoms in total. The number of carboxylic acids is 1. The van der Waals surface area contributed by atoms with Crippen LogP contribution in [0.15, 0.2) is 77.3 Å². The molecule has 3 N–H and O–H groups in total. The first kappa shape index (κ1) is 28.9. The monoisotopic (exact) mass is 572 g/mol. The van der Waals surface area contributed by atoms with Crippen LogP contribution in [0.1, 0.15) is 45.8 Å². The van der Waals surface area contributed by atoms with Crippen LogP contribution in [0.25, 0.3) is 11.3 Å². The van der Waals surface area contributed by atoms with E-state index in [0.717, 1.165) is 0 Å². The van der Waals surface area contributed by atoms with Crippen molar-refractivity contribution in [3.05, 3.63) is 106 Å². The number of carboxylic acid groups (broad SMARTS) is 1. The van der Waals surface area contributed by atoms with Crippen LogP contribution in [0.2, 0.25) is 5.02 Å². The van der Waals surface area contributed by atoms with Gasteiger partial charge in [-0.1, -0.05) is 59.2 Å². The second-order valence-electron chi connectivity index (χ2n) is 9.12.